The van der Waals surface area contributed by atoms with E-state index >= 15 is 0 Å². The zero-order valence-electron chi connectivity index (χ0n) is 24.5. The van der Waals surface area contributed by atoms with E-state index < -0.39 is 11.4 Å². The van der Waals surface area contributed by atoms with Crippen molar-refractivity contribution in [2.24, 2.45) is 5.41 Å². The lowest BCUT2D eigenvalue weighted by Crippen LogP contribution is -2.49. The Labute approximate surface area is 267 Å². The van der Waals surface area contributed by atoms with Crippen molar-refractivity contribution in [1.29, 1.82) is 0 Å². The number of piperidine rings is 1. The summed E-state index contributed by atoms with van der Waals surface area (Å²) < 4.78 is 22.9. The van der Waals surface area contributed by atoms with Crippen LogP contribution in [0.5, 0.6) is 0 Å². The van der Waals surface area contributed by atoms with E-state index in [1.807, 2.05) is 32.3 Å². The summed E-state index contributed by atoms with van der Waals surface area (Å²) in [6, 6.07) is 3.69. The lowest BCUT2D eigenvalue weighted by Gasteiger charge is -2.43. The van der Waals surface area contributed by atoms with Gasteiger partial charge in [0.25, 0.3) is 5.56 Å². The Morgan fingerprint density at radius 1 is 1.21 bits per heavy atom. The van der Waals surface area contributed by atoms with E-state index in [0.29, 0.717) is 39.0 Å². The van der Waals surface area contributed by atoms with Crippen molar-refractivity contribution in [1.82, 2.24) is 29.2 Å². The molecule has 14 heteroatoms. The van der Waals surface area contributed by atoms with E-state index in [4.69, 9.17) is 21.3 Å². The molecule has 228 valence electrons. The van der Waals surface area contributed by atoms with Crippen molar-refractivity contribution in [3.63, 3.8) is 0 Å². The number of hydrogen-bond acceptors (Lipinski definition) is 11. The molecule has 1 saturated heterocycles. The van der Waals surface area contributed by atoms with Crippen LogP contribution in [0.3, 0.4) is 0 Å². The predicted molar refractivity (Wildman–Crippen MR) is 173 cm³/mol. The van der Waals surface area contributed by atoms with Crippen LogP contribution < -0.4 is 15.2 Å². The first-order chi connectivity index (χ1) is 20.6. The molecule has 6 rings (SSSR count). The molecule has 1 fully saturated rings. The molecule has 0 bridgehead atoms. The van der Waals surface area contributed by atoms with Gasteiger partial charge in [-0.1, -0.05) is 23.4 Å². The number of rotatable bonds is 8. The average Bonchev–Trinajstić information content (AvgIpc) is 3.54. The van der Waals surface area contributed by atoms with E-state index in [2.05, 4.69) is 24.6 Å². The second-order valence-corrected chi connectivity index (χ2v) is 16.3. The lowest BCUT2D eigenvalue weighted by molar-refractivity contribution is 0.176. The van der Waals surface area contributed by atoms with Crippen LogP contribution >= 0.6 is 34.7 Å². The van der Waals surface area contributed by atoms with Crippen molar-refractivity contribution in [2.75, 3.05) is 31.7 Å². The summed E-state index contributed by atoms with van der Waals surface area (Å²) in [5, 5.41) is 1.42. The van der Waals surface area contributed by atoms with E-state index in [-0.39, 0.29) is 21.8 Å². The van der Waals surface area contributed by atoms with Crippen LogP contribution in [0.4, 0.5) is 5.82 Å². The average molecular weight is 660 g/mol. The third kappa shape index (κ3) is 6.05. The lowest BCUT2D eigenvalue weighted by atomic mass is 9.74. The van der Waals surface area contributed by atoms with Crippen LogP contribution in [-0.4, -0.2) is 60.6 Å². The first kappa shape index (κ1) is 30.8. The van der Waals surface area contributed by atoms with Gasteiger partial charge in [-0.15, -0.1) is 16.1 Å². The van der Waals surface area contributed by atoms with Crippen LogP contribution in [0.1, 0.15) is 50.2 Å². The number of thiazole rings is 1. The Morgan fingerprint density at radius 3 is 2.70 bits per heavy atom. The number of fused-ring (bicyclic) bond motifs is 2. The number of ether oxygens (including phenoxy) is 1. The Bertz CT molecular complexity index is 1670. The molecule has 2 unspecified atom stereocenters. The second kappa shape index (κ2) is 12.3. The fourth-order valence-corrected chi connectivity index (χ4v) is 8.85. The molecule has 1 N–H and O–H groups in total. The van der Waals surface area contributed by atoms with Gasteiger partial charge in [-0.25, -0.2) is 19.9 Å². The molecule has 4 heterocycles. The number of nitrogens with one attached hydrogen (secondary N) is 1. The molecule has 1 aliphatic heterocycles. The van der Waals surface area contributed by atoms with Crippen LogP contribution in [-0.2, 0) is 29.1 Å². The summed E-state index contributed by atoms with van der Waals surface area (Å²) >= 11 is 8.58. The highest BCUT2D eigenvalue weighted by atomic mass is 35.5. The van der Waals surface area contributed by atoms with Gasteiger partial charge in [0.15, 0.2) is 0 Å². The number of methoxy groups -OCH3 is 1. The molecular weight excluding hydrogens is 626 g/mol. The largest absolute Gasteiger partial charge is 0.598 e. The summed E-state index contributed by atoms with van der Waals surface area (Å²) in [7, 11) is 1.59. The van der Waals surface area contributed by atoms with E-state index in [1.165, 1.54) is 27.5 Å². The standard InChI is InChI=1S/C29H34ClN7O3S3/c1-28(2,3)43(39)35-26-25-19(34-17-41-25)13-29(26)7-9-36(10-8-29)21-14-32-22(15-31-21)42-20-6-5-18-23(24(20)30)27(38)37(16-33-18)11-12-40-4/h5-6,14-17,26,35H,7-13H2,1-4H3. The van der Waals surface area contributed by atoms with Crippen molar-refractivity contribution >= 4 is 62.8 Å². The summed E-state index contributed by atoms with van der Waals surface area (Å²) in [6.45, 7) is 8.46. The maximum Gasteiger partial charge on any atom is 0.262 e. The highest BCUT2D eigenvalue weighted by Crippen LogP contribution is 2.53. The predicted octanol–water partition coefficient (Wildman–Crippen LogP) is 5.03. The number of halogens is 1. The first-order valence-electron chi connectivity index (χ1n) is 14.1. The highest BCUT2D eigenvalue weighted by Gasteiger charge is 2.52. The zero-order valence-corrected chi connectivity index (χ0v) is 27.7. The number of nitrogens with zero attached hydrogens (tertiary/aromatic N) is 6. The van der Waals surface area contributed by atoms with Gasteiger partial charge in [0.1, 0.15) is 15.6 Å². The minimum Gasteiger partial charge on any atom is -0.598 e. The minimum atomic E-state index is -1.17. The quantitative estimate of drug-likeness (QED) is 0.258. The maximum absolute atomic E-state index is 13.1. The molecule has 4 aromatic rings. The van der Waals surface area contributed by atoms with Gasteiger partial charge in [0.2, 0.25) is 0 Å². The molecule has 1 spiro atoms. The molecule has 2 atom stereocenters. The molecule has 0 radical (unpaired) electrons. The number of hydrogen-bond donors (Lipinski definition) is 1. The minimum absolute atomic E-state index is 0.0140. The molecule has 2 aliphatic rings. The molecule has 0 saturated carbocycles. The number of aromatic nitrogens is 5. The summed E-state index contributed by atoms with van der Waals surface area (Å²) in [5.41, 5.74) is 3.37. The topological polar surface area (TPSA) is 121 Å². The van der Waals surface area contributed by atoms with Gasteiger partial charge in [-0.3, -0.25) is 9.36 Å². The van der Waals surface area contributed by atoms with Gasteiger partial charge in [0, 0.05) is 46.7 Å². The Kier molecular flexibility index (Phi) is 8.77. The van der Waals surface area contributed by atoms with Gasteiger partial charge >= 0.3 is 0 Å². The monoisotopic (exact) mass is 659 g/mol. The fraction of sp³-hybridized carbons (Fsp3) is 0.483. The van der Waals surface area contributed by atoms with Gasteiger partial charge in [-0.05, 0) is 52.2 Å². The summed E-state index contributed by atoms with van der Waals surface area (Å²) in [4.78, 5) is 35.7. The van der Waals surface area contributed by atoms with Gasteiger partial charge in [-0.2, -0.15) is 0 Å². The number of benzene rings is 1. The molecule has 43 heavy (non-hydrogen) atoms. The Morgan fingerprint density at radius 2 is 2.00 bits per heavy atom. The van der Waals surface area contributed by atoms with Crippen LogP contribution in [0.2, 0.25) is 5.02 Å². The molecular formula is C29H34ClN7O3S3. The van der Waals surface area contributed by atoms with Crippen molar-refractivity contribution in [3.8, 4) is 0 Å². The van der Waals surface area contributed by atoms with Crippen LogP contribution in [0.15, 0.2) is 51.1 Å². The van der Waals surface area contributed by atoms with Crippen molar-refractivity contribution < 1.29 is 9.29 Å². The third-order valence-electron chi connectivity index (χ3n) is 8.19. The van der Waals surface area contributed by atoms with Crippen LogP contribution in [0.25, 0.3) is 10.9 Å². The zero-order chi connectivity index (χ0) is 30.4. The normalized spacial score (nSPS) is 18.8. The van der Waals surface area contributed by atoms with E-state index in [9.17, 15) is 9.35 Å². The summed E-state index contributed by atoms with van der Waals surface area (Å²) in [6.07, 6.45) is 7.85. The Balaban J connectivity index is 1.15. The van der Waals surface area contributed by atoms with Crippen molar-refractivity contribution in [2.45, 2.75) is 67.3 Å². The summed E-state index contributed by atoms with van der Waals surface area (Å²) in [5.74, 6) is 0.822. The smallest absolute Gasteiger partial charge is 0.262 e. The molecule has 0 amide bonds. The second-order valence-electron chi connectivity index (χ2n) is 11.9. The first-order valence-corrected chi connectivity index (χ1v) is 17.3. The van der Waals surface area contributed by atoms with Gasteiger partial charge < -0.3 is 14.2 Å². The van der Waals surface area contributed by atoms with Gasteiger partial charge in [0.05, 0.1) is 65.0 Å². The molecule has 1 aromatic carbocycles. The molecule has 3 aromatic heterocycles. The van der Waals surface area contributed by atoms with Crippen molar-refractivity contribution in [3.05, 3.63) is 62.3 Å². The highest BCUT2D eigenvalue weighted by molar-refractivity contribution is 7.99. The number of anilines is 1. The third-order valence-corrected chi connectivity index (χ3v) is 12.2. The van der Waals surface area contributed by atoms with Crippen LogP contribution in [0, 0.1) is 5.41 Å². The fourth-order valence-electron chi connectivity index (χ4n) is 5.72. The maximum atomic E-state index is 13.1. The molecule has 10 nitrogen and oxygen atoms in total. The van der Waals surface area contributed by atoms with E-state index in [1.54, 1.807) is 36.9 Å². The van der Waals surface area contributed by atoms with E-state index in [0.717, 1.165) is 43.9 Å². The SMILES string of the molecule is COCCn1cnc2ccc(Sc3cnc(N4CCC5(CC4)Cc4ncsc4C5N[S+]([O-])C(C)(C)C)cn3)c(Cl)c2c1=O. The Hall–Kier alpha value is -2.26. The molecule has 1 aliphatic carbocycles.